The fourth-order valence-electron chi connectivity index (χ4n) is 0. The molecule has 0 radical (unpaired) electrons. The monoisotopic (exact) mass is 206 g/mol. The third-order valence-corrected chi connectivity index (χ3v) is 0.250. The predicted molar refractivity (Wildman–Crippen MR) is 22.6 cm³/mol. The molecule has 0 aromatic heterocycles. The normalized spacial score (nSPS) is 9.78. The topological polar surface area (TPSA) is 136 Å². The van der Waals surface area contributed by atoms with Crippen LogP contribution < -0.4 is 19.8 Å². The van der Waals surface area contributed by atoms with Gasteiger partial charge in [0.05, 0.1) is 0 Å². The quantitative estimate of drug-likeness (QED) is 0.412. The van der Waals surface area contributed by atoms with E-state index in [9.17, 15) is 0 Å². The maximum Gasteiger partial charge on any atom is 0.124 e. The molecule has 0 fully saturated rings. The van der Waals surface area contributed by atoms with Gasteiger partial charge in [0.15, 0.2) is 0 Å². The Hall–Kier alpha value is -0.0405. The molecule has 0 spiro atoms. The second-order valence-electron chi connectivity index (χ2n) is 1.12. The van der Waals surface area contributed by atoms with E-state index in [2.05, 4.69) is 11.5 Å². The first-order chi connectivity index (χ1) is 3.91. The first-order valence-corrected chi connectivity index (χ1v) is 4.96. The van der Waals surface area contributed by atoms with Gasteiger partial charge in [-0.1, -0.05) is 0 Å². The van der Waals surface area contributed by atoms with Crippen molar-refractivity contribution in [3.05, 3.63) is 0 Å². The van der Waals surface area contributed by atoms with Crippen LogP contribution in [0, 0.1) is 0 Å². The van der Waals surface area contributed by atoms with Gasteiger partial charge in [-0.05, 0) is 0 Å². The van der Waals surface area contributed by atoms with Crippen molar-refractivity contribution in [3.8, 4) is 0 Å². The molecule has 0 atom stereocenters. The summed E-state index contributed by atoms with van der Waals surface area (Å²) in [4.78, 5) is 0. The molecule has 0 saturated carbocycles. The first kappa shape index (κ1) is 11.7. The second-order valence-corrected chi connectivity index (χ2v) is 2.83. The Morgan fingerprint density at radius 2 is 1.22 bits per heavy atom. The molecule has 0 unspecified atom stereocenters. The van der Waals surface area contributed by atoms with Gasteiger partial charge in [0.2, 0.25) is 0 Å². The summed E-state index contributed by atoms with van der Waals surface area (Å²) in [6, 6.07) is 0. The van der Waals surface area contributed by atoms with E-state index in [4.69, 9.17) is 16.0 Å². The van der Waals surface area contributed by atoms with Crippen LogP contribution in [0.2, 0.25) is 0 Å². The van der Waals surface area contributed by atoms with Crippen molar-refractivity contribution in [1.29, 1.82) is 0 Å². The van der Waals surface area contributed by atoms with Gasteiger partial charge in [-0.3, -0.25) is 0 Å². The fourth-order valence-corrected chi connectivity index (χ4v) is 0. The van der Waals surface area contributed by atoms with E-state index in [1.165, 1.54) is 0 Å². The van der Waals surface area contributed by atoms with Crippen LogP contribution in [-0.2, 0) is 7.67 Å². The van der Waals surface area contributed by atoms with Crippen molar-refractivity contribution in [2.24, 2.45) is 0 Å². The fraction of sp³-hybridized carbons (Fsp3) is 1.00. The van der Waals surface area contributed by atoms with Crippen LogP contribution in [0.25, 0.3) is 0 Å². The zero-order chi connectivity index (χ0) is 7.91. The minimum Gasteiger partial charge on any atom is -0.353 e. The van der Waals surface area contributed by atoms with E-state index in [0.29, 0.717) is 0 Å². The Morgan fingerprint density at radius 1 is 1.11 bits per heavy atom. The van der Waals surface area contributed by atoms with E-state index in [1.54, 1.807) is 0 Å². The van der Waals surface area contributed by atoms with Crippen LogP contribution in [0.1, 0.15) is 0 Å². The van der Waals surface area contributed by atoms with Crippen molar-refractivity contribution in [2.75, 3.05) is 13.1 Å². The molecule has 0 aliphatic heterocycles. The summed E-state index contributed by atoms with van der Waals surface area (Å²) < 4.78 is 34.4. The Kier molecular flexibility index (Phi) is 7.92. The van der Waals surface area contributed by atoms with Gasteiger partial charge in [-0.25, -0.2) is 0 Å². The standard InChI is InChI=1S/C2H8N2.H2O4Se/c3-1-2-4;1-5(2,3)4/h1-4H2;(H2,1,2,3,4). The Morgan fingerprint density at radius 3 is 1.22 bits per heavy atom. The molecule has 6 N–H and O–H groups in total. The van der Waals surface area contributed by atoms with E-state index in [1.807, 2.05) is 0 Å². The third kappa shape index (κ3) is 307. The molecule has 6 nitrogen and oxygen atoms in total. The Balaban J connectivity index is 0. The molecule has 0 heterocycles. The van der Waals surface area contributed by atoms with E-state index in [-0.39, 0.29) is 0 Å². The average molecular weight is 205 g/mol. The molecule has 9 heavy (non-hydrogen) atoms. The Bertz CT molecular complexity index is 120. The minimum atomic E-state index is -5.75. The van der Waals surface area contributed by atoms with Gasteiger partial charge in [-0.15, -0.1) is 0 Å². The molecule has 0 aliphatic carbocycles. The van der Waals surface area contributed by atoms with E-state index >= 15 is 0 Å². The van der Waals surface area contributed by atoms with Crippen LogP contribution in [0.3, 0.4) is 0 Å². The first-order valence-electron chi connectivity index (χ1n) is 2.17. The van der Waals surface area contributed by atoms with Crippen molar-refractivity contribution in [2.45, 2.75) is 0 Å². The van der Waals surface area contributed by atoms with Crippen molar-refractivity contribution < 1.29 is 27.5 Å². The SMILES string of the molecule is O=[Se](=O)([O-])[O-].[NH3+]CC[NH3+]. The molecule has 7 heteroatoms. The molecule has 0 rings (SSSR count). The van der Waals surface area contributed by atoms with Crippen LogP contribution in [-0.4, -0.2) is 26.5 Å². The summed E-state index contributed by atoms with van der Waals surface area (Å²) in [5.74, 6) is 0. The van der Waals surface area contributed by atoms with Gasteiger partial charge in [-0.2, -0.15) is 0 Å². The maximum atomic E-state index is 8.59. The molecule has 0 aliphatic rings. The van der Waals surface area contributed by atoms with E-state index < -0.39 is 13.4 Å². The van der Waals surface area contributed by atoms with Crippen molar-refractivity contribution in [3.63, 3.8) is 0 Å². The van der Waals surface area contributed by atoms with Crippen LogP contribution in [0.15, 0.2) is 0 Å². The molecule has 0 amide bonds. The van der Waals surface area contributed by atoms with Crippen molar-refractivity contribution in [1.82, 2.24) is 0 Å². The molecule has 0 aromatic carbocycles. The molecule has 58 valence electrons. The smallest absolute Gasteiger partial charge is 0.124 e. The number of hydrogen-bond donors (Lipinski definition) is 2. The molecule has 0 saturated heterocycles. The summed E-state index contributed by atoms with van der Waals surface area (Å²) in [7, 11) is 0. The van der Waals surface area contributed by atoms with Gasteiger partial charge < -0.3 is 11.5 Å². The van der Waals surface area contributed by atoms with Gasteiger partial charge in [0, 0.05) is 0 Å². The van der Waals surface area contributed by atoms with Gasteiger partial charge in [0.25, 0.3) is 0 Å². The number of quaternary nitrogens is 2. The average Bonchev–Trinajstić information content (AvgIpc) is 1.61. The van der Waals surface area contributed by atoms with Crippen LogP contribution in [0.5, 0.6) is 0 Å². The Labute approximate surface area is 54.7 Å². The van der Waals surface area contributed by atoms with Crippen LogP contribution >= 0.6 is 0 Å². The molecular weight excluding hydrogens is 195 g/mol. The predicted octanol–water partition coefficient (Wildman–Crippen LogP) is -5.53. The summed E-state index contributed by atoms with van der Waals surface area (Å²) in [5, 5.41) is 0. The summed E-state index contributed by atoms with van der Waals surface area (Å²) >= 11 is -5.75. The van der Waals surface area contributed by atoms with Gasteiger partial charge in [0.1, 0.15) is 13.1 Å². The van der Waals surface area contributed by atoms with Crippen LogP contribution in [0.4, 0.5) is 0 Å². The summed E-state index contributed by atoms with van der Waals surface area (Å²) in [6.45, 7) is 1.92. The summed E-state index contributed by atoms with van der Waals surface area (Å²) in [6.07, 6.45) is 0. The third-order valence-electron chi connectivity index (χ3n) is 0.250. The maximum absolute atomic E-state index is 8.59. The zero-order valence-corrected chi connectivity index (χ0v) is 6.58. The summed E-state index contributed by atoms with van der Waals surface area (Å²) in [5.41, 5.74) is 7.08. The van der Waals surface area contributed by atoms with Gasteiger partial charge >= 0.3 is 29.4 Å². The largest absolute Gasteiger partial charge is 0.353 e. The molecule has 0 aromatic rings. The molecular formula is C2H10N2O4Se. The molecule has 0 bridgehead atoms. The van der Waals surface area contributed by atoms with E-state index in [0.717, 1.165) is 13.1 Å². The van der Waals surface area contributed by atoms with Crippen molar-refractivity contribution >= 4 is 13.4 Å². The number of hydrogen-bond acceptors (Lipinski definition) is 4. The minimum absolute atomic E-state index is 0.958. The second kappa shape index (κ2) is 6.09. The zero-order valence-electron chi connectivity index (χ0n) is 4.87. The number of rotatable bonds is 1.